The molecule has 0 bridgehead atoms. The smallest absolute Gasteiger partial charge is 0.191 e. The molecule has 0 saturated heterocycles. The maximum Gasteiger partial charge on any atom is 0.191 e. The molecule has 0 aliphatic carbocycles. The molecule has 0 atom stereocenters. The Hall–Kier alpha value is -1.81. The standard InChI is InChI=1S/C21H33N5O2.HI/c1-4-6-15-28-16-7-13-23-21(22-5-2)24-17-18-12-14-26(25-18)19-8-10-20(27-3)11-9-19;/h8-12,14H,4-7,13,15-17H2,1-3H3,(H2,22,23,24);1H. The number of hydrogen-bond donors (Lipinski definition) is 2. The average Bonchev–Trinajstić information content (AvgIpc) is 3.20. The first-order valence-electron chi connectivity index (χ1n) is 10.1. The second-order valence-electron chi connectivity index (χ2n) is 6.39. The van der Waals surface area contributed by atoms with E-state index in [1.807, 2.05) is 41.2 Å². The van der Waals surface area contributed by atoms with Crippen molar-refractivity contribution < 1.29 is 9.47 Å². The van der Waals surface area contributed by atoms with E-state index in [-0.39, 0.29) is 24.0 Å². The number of guanidine groups is 1. The summed E-state index contributed by atoms with van der Waals surface area (Å²) in [7, 11) is 1.66. The summed E-state index contributed by atoms with van der Waals surface area (Å²) in [5, 5.41) is 11.2. The first kappa shape index (κ1) is 25.2. The number of ether oxygens (including phenoxy) is 2. The summed E-state index contributed by atoms with van der Waals surface area (Å²) in [6, 6.07) is 9.79. The van der Waals surface area contributed by atoms with E-state index < -0.39 is 0 Å². The highest BCUT2D eigenvalue weighted by Gasteiger charge is 2.03. The zero-order valence-electron chi connectivity index (χ0n) is 17.7. The average molecular weight is 515 g/mol. The Labute approximate surface area is 191 Å². The molecule has 0 radical (unpaired) electrons. The SMILES string of the molecule is CCCCOCCCNC(=NCc1ccn(-c2ccc(OC)cc2)n1)NCC.I. The molecule has 0 unspecified atom stereocenters. The van der Waals surface area contributed by atoms with Crippen molar-refractivity contribution in [3.05, 3.63) is 42.2 Å². The van der Waals surface area contributed by atoms with Gasteiger partial charge in [0.25, 0.3) is 0 Å². The summed E-state index contributed by atoms with van der Waals surface area (Å²) in [6.07, 6.45) is 5.20. The van der Waals surface area contributed by atoms with E-state index in [0.29, 0.717) is 6.54 Å². The molecule has 2 aromatic rings. The van der Waals surface area contributed by atoms with Crippen LogP contribution in [0.25, 0.3) is 5.69 Å². The van der Waals surface area contributed by atoms with E-state index in [2.05, 4.69) is 34.6 Å². The number of methoxy groups -OCH3 is 1. The lowest BCUT2D eigenvalue weighted by Gasteiger charge is -2.11. The number of aromatic nitrogens is 2. The fraction of sp³-hybridized carbons (Fsp3) is 0.524. The van der Waals surface area contributed by atoms with Gasteiger partial charge in [-0.2, -0.15) is 5.10 Å². The van der Waals surface area contributed by atoms with Crippen LogP contribution in [0.15, 0.2) is 41.5 Å². The Balaban J connectivity index is 0.00000420. The van der Waals surface area contributed by atoms with Crippen LogP contribution >= 0.6 is 24.0 Å². The van der Waals surface area contributed by atoms with E-state index in [0.717, 1.165) is 62.2 Å². The number of unbranched alkanes of at least 4 members (excludes halogenated alkanes) is 1. The molecular weight excluding hydrogens is 481 g/mol. The zero-order chi connectivity index (χ0) is 20.0. The molecule has 0 saturated carbocycles. The van der Waals surface area contributed by atoms with E-state index in [1.54, 1.807) is 7.11 Å². The minimum Gasteiger partial charge on any atom is -0.497 e. The van der Waals surface area contributed by atoms with E-state index in [9.17, 15) is 0 Å². The predicted octanol–water partition coefficient (Wildman–Crippen LogP) is 3.76. The lowest BCUT2D eigenvalue weighted by Crippen LogP contribution is -2.38. The highest BCUT2D eigenvalue weighted by Crippen LogP contribution is 2.14. The number of aliphatic imine (C=N–C) groups is 1. The van der Waals surface area contributed by atoms with Crippen molar-refractivity contribution in [3.8, 4) is 11.4 Å². The van der Waals surface area contributed by atoms with Gasteiger partial charge in [-0.3, -0.25) is 0 Å². The van der Waals surface area contributed by atoms with Crippen LogP contribution in [0.5, 0.6) is 5.75 Å². The van der Waals surface area contributed by atoms with Crippen molar-refractivity contribution in [2.24, 2.45) is 4.99 Å². The molecule has 7 nitrogen and oxygen atoms in total. The third-order valence-corrected chi connectivity index (χ3v) is 4.12. The van der Waals surface area contributed by atoms with Crippen molar-refractivity contribution in [1.82, 2.24) is 20.4 Å². The highest BCUT2D eigenvalue weighted by molar-refractivity contribution is 14.0. The largest absolute Gasteiger partial charge is 0.497 e. The van der Waals surface area contributed by atoms with Crippen LogP contribution in [0.1, 0.15) is 38.8 Å². The Bertz CT molecular complexity index is 703. The molecule has 1 heterocycles. The van der Waals surface area contributed by atoms with Crippen LogP contribution in [0.4, 0.5) is 0 Å². The van der Waals surface area contributed by atoms with E-state index in [4.69, 9.17) is 9.47 Å². The number of benzene rings is 1. The first-order valence-corrected chi connectivity index (χ1v) is 10.1. The molecule has 1 aromatic heterocycles. The molecule has 1 aromatic carbocycles. The molecule has 8 heteroatoms. The fourth-order valence-corrected chi connectivity index (χ4v) is 2.56. The summed E-state index contributed by atoms with van der Waals surface area (Å²) in [5.74, 6) is 1.63. The topological polar surface area (TPSA) is 72.7 Å². The van der Waals surface area contributed by atoms with Gasteiger partial charge in [-0.25, -0.2) is 9.67 Å². The maximum absolute atomic E-state index is 5.58. The lowest BCUT2D eigenvalue weighted by atomic mass is 10.3. The van der Waals surface area contributed by atoms with Gasteiger partial charge < -0.3 is 20.1 Å². The van der Waals surface area contributed by atoms with Crippen LogP contribution in [-0.4, -0.2) is 49.2 Å². The van der Waals surface area contributed by atoms with Crippen LogP contribution in [0.2, 0.25) is 0 Å². The first-order chi connectivity index (χ1) is 13.8. The third kappa shape index (κ3) is 9.49. The van der Waals surface area contributed by atoms with Gasteiger partial charge in [0.05, 0.1) is 25.0 Å². The molecule has 0 amide bonds. The molecule has 162 valence electrons. The highest BCUT2D eigenvalue weighted by atomic mass is 127. The van der Waals surface area contributed by atoms with Crippen LogP contribution < -0.4 is 15.4 Å². The maximum atomic E-state index is 5.58. The molecule has 0 aliphatic heterocycles. The number of rotatable bonds is 12. The van der Waals surface area contributed by atoms with Crippen LogP contribution in [0.3, 0.4) is 0 Å². The molecule has 0 aliphatic rings. The molecule has 29 heavy (non-hydrogen) atoms. The molecule has 2 rings (SSSR count). The Morgan fingerprint density at radius 2 is 1.83 bits per heavy atom. The number of halogens is 1. The minimum atomic E-state index is 0. The molecule has 0 spiro atoms. The minimum absolute atomic E-state index is 0. The summed E-state index contributed by atoms with van der Waals surface area (Å²) in [6.45, 7) is 8.02. The summed E-state index contributed by atoms with van der Waals surface area (Å²) < 4.78 is 12.6. The van der Waals surface area contributed by atoms with Gasteiger partial charge >= 0.3 is 0 Å². The van der Waals surface area contributed by atoms with Crippen LogP contribution in [-0.2, 0) is 11.3 Å². The number of hydrogen-bond acceptors (Lipinski definition) is 4. The summed E-state index contributed by atoms with van der Waals surface area (Å²) in [4.78, 5) is 4.62. The second kappa shape index (κ2) is 15.1. The Morgan fingerprint density at radius 1 is 1.07 bits per heavy atom. The Morgan fingerprint density at radius 3 is 2.52 bits per heavy atom. The third-order valence-electron chi connectivity index (χ3n) is 4.12. The van der Waals surface area contributed by atoms with Crippen molar-refractivity contribution in [2.45, 2.75) is 39.7 Å². The van der Waals surface area contributed by atoms with Gasteiger partial charge in [0, 0.05) is 32.5 Å². The van der Waals surface area contributed by atoms with Crippen molar-refractivity contribution in [2.75, 3.05) is 33.4 Å². The summed E-state index contributed by atoms with van der Waals surface area (Å²) >= 11 is 0. The molecule has 0 fully saturated rings. The van der Waals surface area contributed by atoms with Gasteiger partial charge in [-0.15, -0.1) is 24.0 Å². The van der Waals surface area contributed by atoms with E-state index in [1.165, 1.54) is 6.42 Å². The molecule has 2 N–H and O–H groups in total. The number of nitrogens with one attached hydrogen (secondary N) is 2. The zero-order valence-corrected chi connectivity index (χ0v) is 20.0. The predicted molar refractivity (Wildman–Crippen MR) is 129 cm³/mol. The van der Waals surface area contributed by atoms with Gasteiger partial charge in [0.15, 0.2) is 5.96 Å². The fourth-order valence-electron chi connectivity index (χ4n) is 2.56. The second-order valence-corrected chi connectivity index (χ2v) is 6.39. The van der Waals surface area contributed by atoms with Crippen molar-refractivity contribution in [3.63, 3.8) is 0 Å². The van der Waals surface area contributed by atoms with E-state index >= 15 is 0 Å². The normalized spacial score (nSPS) is 11.1. The van der Waals surface area contributed by atoms with Crippen LogP contribution in [0, 0.1) is 0 Å². The van der Waals surface area contributed by atoms with Gasteiger partial charge in [-0.05, 0) is 50.1 Å². The van der Waals surface area contributed by atoms with Gasteiger partial charge in [0.1, 0.15) is 5.75 Å². The Kier molecular flexibility index (Phi) is 13.1. The molecular formula is C21H34IN5O2. The van der Waals surface area contributed by atoms with Crippen molar-refractivity contribution >= 4 is 29.9 Å². The lowest BCUT2D eigenvalue weighted by molar-refractivity contribution is 0.129. The number of nitrogens with zero attached hydrogens (tertiary/aromatic N) is 3. The van der Waals surface area contributed by atoms with Crippen molar-refractivity contribution in [1.29, 1.82) is 0 Å². The van der Waals surface area contributed by atoms with Gasteiger partial charge in [-0.1, -0.05) is 13.3 Å². The summed E-state index contributed by atoms with van der Waals surface area (Å²) in [5.41, 5.74) is 1.90. The van der Waals surface area contributed by atoms with Gasteiger partial charge in [0.2, 0.25) is 0 Å². The quantitative estimate of drug-likeness (QED) is 0.195. The monoisotopic (exact) mass is 515 g/mol.